The monoisotopic (exact) mass is 217 g/mol. The van der Waals surface area contributed by atoms with E-state index in [2.05, 4.69) is 4.98 Å². The maximum absolute atomic E-state index is 13.2. The highest BCUT2D eigenvalue weighted by Crippen LogP contribution is 2.31. The van der Waals surface area contributed by atoms with Gasteiger partial charge in [-0.05, 0) is 31.5 Å². The van der Waals surface area contributed by atoms with Gasteiger partial charge in [0.1, 0.15) is 0 Å². The molecule has 0 fully saturated rings. The molecule has 1 aromatic carbocycles. The summed E-state index contributed by atoms with van der Waals surface area (Å²) in [5, 5.41) is 9.61. The summed E-state index contributed by atoms with van der Waals surface area (Å²) in [7, 11) is 0. The quantitative estimate of drug-likeness (QED) is 0.795. The number of aryl methyl sites for hydroxylation is 2. The van der Waals surface area contributed by atoms with Gasteiger partial charge < -0.3 is 5.11 Å². The van der Waals surface area contributed by atoms with Crippen LogP contribution in [0.1, 0.15) is 11.3 Å². The van der Waals surface area contributed by atoms with Crippen LogP contribution in [0.5, 0.6) is 5.75 Å². The SMILES string of the molecule is Cc1cc(-c2cccc(F)c2O)cnc1C. The van der Waals surface area contributed by atoms with Crippen LogP contribution in [0.2, 0.25) is 0 Å². The number of halogens is 1. The highest BCUT2D eigenvalue weighted by molar-refractivity contribution is 5.70. The first kappa shape index (κ1) is 10.6. The number of para-hydroxylation sites is 1. The van der Waals surface area contributed by atoms with Crippen LogP contribution >= 0.6 is 0 Å². The second kappa shape index (κ2) is 3.93. The molecule has 0 aliphatic heterocycles. The third-order valence-corrected chi connectivity index (χ3v) is 2.64. The lowest BCUT2D eigenvalue weighted by molar-refractivity contribution is 0.434. The van der Waals surface area contributed by atoms with Crippen molar-refractivity contribution in [2.45, 2.75) is 13.8 Å². The van der Waals surface area contributed by atoms with Crippen molar-refractivity contribution in [3.05, 3.63) is 47.5 Å². The number of pyridine rings is 1. The Balaban J connectivity index is 2.59. The number of rotatable bonds is 1. The Morgan fingerprint density at radius 3 is 2.69 bits per heavy atom. The summed E-state index contributed by atoms with van der Waals surface area (Å²) in [6, 6.07) is 6.36. The molecule has 0 saturated carbocycles. The number of phenols is 1. The molecule has 0 aliphatic carbocycles. The van der Waals surface area contributed by atoms with Crippen molar-refractivity contribution in [1.82, 2.24) is 4.98 Å². The van der Waals surface area contributed by atoms with Crippen LogP contribution < -0.4 is 0 Å². The standard InChI is InChI=1S/C13H12FNO/c1-8-6-10(7-15-9(8)2)11-4-3-5-12(14)13(11)16/h3-7,16H,1-2H3. The minimum absolute atomic E-state index is 0.326. The van der Waals surface area contributed by atoms with Crippen molar-refractivity contribution in [2.24, 2.45) is 0 Å². The van der Waals surface area contributed by atoms with Gasteiger partial charge in [-0.2, -0.15) is 0 Å². The third-order valence-electron chi connectivity index (χ3n) is 2.64. The molecule has 2 rings (SSSR count). The molecule has 0 bridgehead atoms. The predicted octanol–water partition coefficient (Wildman–Crippen LogP) is 3.21. The fourth-order valence-corrected chi connectivity index (χ4v) is 1.54. The number of hydrogen-bond acceptors (Lipinski definition) is 2. The topological polar surface area (TPSA) is 33.1 Å². The molecule has 1 N–H and O–H groups in total. The van der Waals surface area contributed by atoms with E-state index < -0.39 is 5.82 Å². The summed E-state index contributed by atoms with van der Waals surface area (Å²) in [6.45, 7) is 3.84. The van der Waals surface area contributed by atoms with Crippen LogP contribution in [0.15, 0.2) is 30.5 Å². The molecule has 0 atom stereocenters. The highest BCUT2D eigenvalue weighted by Gasteiger charge is 2.09. The van der Waals surface area contributed by atoms with Gasteiger partial charge in [-0.3, -0.25) is 4.98 Å². The second-order valence-corrected chi connectivity index (χ2v) is 3.76. The van der Waals surface area contributed by atoms with E-state index in [0.717, 1.165) is 16.8 Å². The second-order valence-electron chi connectivity index (χ2n) is 3.76. The molecule has 0 unspecified atom stereocenters. The summed E-state index contributed by atoms with van der Waals surface area (Å²) in [6.07, 6.45) is 1.64. The molecule has 0 radical (unpaired) electrons. The van der Waals surface area contributed by atoms with Gasteiger partial charge >= 0.3 is 0 Å². The van der Waals surface area contributed by atoms with E-state index in [1.165, 1.54) is 6.07 Å². The maximum atomic E-state index is 13.2. The zero-order valence-electron chi connectivity index (χ0n) is 9.16. The molecule has 1 aromatic heterocycles. The van der Waals surface area contributed by atoms with E-state index >= 15 is 0 Å². The molecular weight excluding hydrogens is 205 g/mol. The van der Waals surface area contributed by atoms with E-state index in [0.29, 0.717) is 5.56 Å². The number of aromatic hydroxyl groups is 1. The van der Waals surface area contributed by atoms with Gasteiger partial charge in [0.2, 0.25) is 0 Å². The van der Waals surface area contributed by atoms with Crippen LogP contribution in [0.4, 0.5) is 4.39 Å². The minimum atomic E-state index is -0.615. The van der Waals surface area contributed by atoms with Crippen LogP contribution in [-0.2, 0) is 0 Å². The summed E-state index contributed by atoms with van der Waals surface area (Å²) >= 11 is 0. The normalized spacial score (nSPS) is 10.4. The number of phenolic OH excluding ortho intramolecular Hbond substituents is 1. The lowest BCUT2D eigenvalue weighted by atomic mass is 10.0. The van der Waals surface area contributed by atoms with Crippen LogP contribution in [0.25, 0.3) is 11.1 Å². The zero-order valence-corrected chi connectivity index (χ0v) is 9.16. The molecule has 3 heteroatoms. The average molecular weight is 217 g/mol. The van der Waals surface area contributed by atoms with Crippen LogP contribution in [0, 0.1) is 19.7 Å². The highest BCUT2D eigenvalue weighted by atomic mass is 19.1. The molecule has 82 valence electrons. The first-order chi connectivity index (χ1) is 7.59. The van der Waals surface area contributed by atoms with E-state index in [4.69, 9.17) is 0 Å². The Morgan fingerprint density at radius 1 is 1.25 bits per heavy atom. The Kier molecular flexibility index (Phi) is 2.60. The van der Waals surface area contributed by atoms with Gasteiger partial charge in [-0.15, -0.1) is 0 Å². The average Bonchev–Trinajstić information content (AvgIpc) is 2.26. The smallest absolute Gasteiger partial charge is 0.165 e. The van der Waals surface area contributed by atoms with Gasteiger partial charge in [0.15, 0.2) is 11.6 Å². The minimum Gasteiger partial charge on any atom is -0.504 e. The molecule has 2 aromatic rings. The Labute approximate surface area is 93.4 Å². The van der Waals surface area contributed by atoms with Gasteiger partial charge in [0.05, 0.1) is 0 Å². The van der Waals surface area contributed by atoms with Crippen molar-refractivity contribution in [3.8, 4) is 16.9 Å². The first-order valence-corrected chi connectivity index (χ1v) is 5.00. The summed E-state index contributed by atoms with van der Waals surface area (Å²) in [5.41, 5.74) is 3.14. The Hall–Kier alpha value is -1.90. The zero-order chi connectivity index (χ0) is 11.7. The fourth-order valence-electron chi connectivity index (χ4n) is 1.54. The van der Waals surface area contributed by atoms with E-state index in [1.54, 1.807) is 18.3 Å². The summed E-state index contributed by atoms with van der Waals surface area (Å²) < 4.78 is 13.2. The molecule has 1 heterocycles. The van der Waals surface area contributed by atoms with Gasteiger partial charge in [-0.25, -0.2) is 4.39 Å². The molecule has 0 amide bonds. The lowest BCUT2D eigenvalue weighted by Crippen LogP contribution is -1.89. The molecule has 2 nitrogen and oxygen atoms in total. The molecular formula is C13H12FNO. The fraction of sp³-hybridized carbons (Fsp3) is 0.154. The number of hydrogen-bond donors (Lipinski definition) is 1. The molecule has 16 heavy (non-hydrogen) atoms. The number of aromatic nitrogens is 1. The first-order valence-electron chi connectivity index (χ1n) is 5.00. The van der Waals surface area contributed by atoms with Gasteiger partial charge in [0.25, 0.3) is 0 Å². The Bertz CT molecular complexity index is 537. The van der Waals surface area contributed by atoms with Crippen LogP contribution in [-0.4, -0.2) is 10.1 Å². The third kappa shape index (κ3) is 1.76. The maximum Gasteiger partial charge on any atom is 0.165 e. The van der Waals surface area contributed by atoms with E-state index in [9.17, 15) is 9.50 Å². The van der Waals surface area contributed by atoms with Crippen molar-refractivity contribution < 1.29 is 9.50 Å². The largest absolute Gasteiger partial charge is 0.504 e. The lowest BCUT2D eigenvalue weighted by Gasteiger charge is -2.07. The van der Waals surface area contributed by atoms with E-state index in [-0.39, 0.29) is 5.75 Å². The number of nitrogens with zero attached hydrogens (tertiary/aromatic N) is 1. The molecule has 0 saturated heterocycles. The van der Waals surface area contributed by atoms with Gasteiger partial charge in [0, 0.05) is 23.0 Å². The summed E-state index contributed by atoms with van der Waals surface area (Å²) in [5.74, 6) is -0.941. The van der Waals surface area contributed by atoms with E-state index in [1.807, 2.05) is 19.9 Å². The summed E-state index contributed by atoms with van der Waals surface area (Å²) in [4.78, 5) is 4.19. The van der Waals surface area contributed by atoms with Crippen molar-refractivity contribution >= 4 is 0 Å². The van der Waals surface area contributed by atoms with Crippen LogP contribution in [0.3, 0.4) is 0 Å². The molecule has 0 aliphatic rings. The van der Waals surface area contributed by atoms with Crippen molar-refractivity contribution in [3.63, 3.8) is 0 Å². The van der Waals surface area contributed by atoms with Gasteiger partial charge in [-0.1, -0.05) is 12.1 Å². The predicted molar refractivity (Wildman–Crippen MR) is 60.8 cm³/mol. The van der Waals surface area contributed by atoms with Crippen molar-refractivity contribution in [2.75, 3.05) is 0 Å². The Morgan fingerprint density at radius 2 is 2.00 bits per heavy atom. The molecule has 0 spiro atoms. The van der Waals surface area contributed by atoms with Crippen molar-refractivity contribution in [1.29, 1.82) is 0 Å². The number of benzene rings is 1.